The second kappa shape index (κ2) is 7.52. The molecule has 1 amide bonds. The molecule has 25 heavy (non-hydrogen) atoms. The molecule has 1 aromatic carbocycles. The van der Waals surface area contributed by atoms with E-state index in [4.69, 9.17) is 14.2 Å². The number of fused-ring (bicyclic) bond motifs is 1. The van der Waals surface area contributed by atoms with Crippen LogP contribution in [0.15, 0.2) is 18.2 Å². The summed E-state index contributed by atoms with van der Waals surface area (Å²) in [4.78, 5) is 14.9. The quantitative estimate of drug-likeness (QED) is 0.884. The van der Waals surface area contributed by atoms with E-state index in [1.807, 2.05) is 11.0 Å². The number of amides is 1. The Morgan fingerprint density at radius 1 is 1.28 bits per heavy atom. The molecular formula is C19H28N2O4. The third-order valence-electron chi connectivity index (χ3n) is 5.43. The summed E-state index contributed by atoms with van der Waals surface area (Å²) in [5, 5.41) is 3.62. The first-order chi connectivity index (χ1) is 12.1. The molecule has 2 aliphatic heterocycles. The Kier molecular flexibility index (Phi) is 5.37. The van der Waals surface area contributed by atoms with Crippen LogP contribution in [-0.4, -0.2) is 56.3 Å². The Balaban J connectivity index is 1.70. The highest BCUT2D eigenvalue weighted by atomic mass is 16.5. The van der Waals surface area contributed by atoms with Gasteiger partial charge < -0.3 is 24.4 Å². The lowest BCUT2D eigenvalue weighted by Gasteiger charge is -2.51. The summed E-state index contributed by atoms with van der Waals surface area (Å²) >= 11 is 0. The Bertz CT molecular complexity index is 595. The molecule has 0 aromatic heterocycles. The van der Waals surface area contributed by atoms with Gasteiger partial charge in [-0.1, -0.05) is 6.07 Å². The largest absolute Gasteiger partial charge is 0.493 e. The van der Waals surface area contributed by atoms with Gasteiger partial charge in [-0.2, -0.15) is 0 Å². The molecule has 0 aliphatic carbocycles. The van der Waals surface area contributed by atoms with Gasteiger partial charge in [-0.3, -0.25) is 4.79 Å². The van der Waals surface area contributed by atoms with Crippen LogP contribution in [0.5, 0.6) is 17.2 Å². The van der Waals surface area contributed by atoms with Crippen molar-refractivity contribution in [1.82, 2.24) is 10.2 Å². The number of carbonyl (C=O) groups excluding carboxylic acids is 1. The number of nitrogens with zero attached hydrogens (tertiary/aromatic N) is 1. The number of para-hydroxylation sites is 1. The van der Waals surface area contributed by atoms with Crippen molar-refractivity contribution >= 4 is 5.91 Å². The van der Waals surface area contributed by atoms with Crippen LogP contribution >= 0.6 is 0 Å². The highest BCUT2D eigenvalue weighted by molar-refractivity contribution is 5.78. The molecule has 2 atom stereocenters. The first-order valence-corrected chi connectivity index (χ1v) is 8.97. The molecule has 6 nitrogen and oxygen atoms in total. The minimum absolute atomic E-state index is 0.0106. The standard InChI is InChI=1S/C19H28N2O4/c1-19-10-6-12-21(16(19)9-5-11-20-19)17(22)13-25-18-14(23-2)7-4-8-15(18)24-3/h4,7-8,16,20H,5-6,9-13H2,1-3H3/t16-,19+/m1/s1. The van der Waals surface area contributed by atoms with Crippen LogP contribution in [0.2, 0.25) is 0 Å². The van der Waals surface area contributed by atoms with Gasteiger partial charge in [0.1, 0.15) is 0 Å². The minimum atomic E-state index is -0.0106. The van der Waals surface area contributed by atoms with Crippen molar-refractivity contribution in [3.05, 3.63) is 18.2 Å². The number of carbonyl (C=O) groups is 1. The highest BCUT2D eigenvalue weighted by Crippen LogP contribution is 2.37. The van der Waals surface area contributed by atoms with Crippen LogP contribution in [0.25, 0.3) is 0 Å². The normalized spacial score (nSPS) is 25.9. The average molecular weight is 348 g/mol. The summed E-state index contributed by atoms with van der Waals surface area (Å²) in [5.41, 5.74) is 0.0221. The van der Waals surface area contributed by atoms with E-state index in [0.717, 1.165) is 38.8 Å². The van der Waals surface area contributed by atoms with Crippen LogP contribution in [0.3, 0.4) is 0 Å². The maximum Gasteiger partial charge on any atom is 0.260 e. The van der Waals surface area contributed by atoms with Gasteiger partial charge in [0.2, 0.25) is 5.75 Å². The van der Waals surface area contributed by atoms with Crippen molar-refractivity contribution < 1.29 is 19.0 Å². The lowest BCUT2D eigenvalue weighted by molar-refractivity contribution is -0.140. The van der Waals surface area contributed by atoms with E-state index in [-0.39, 0.29) is 24.1 Å². The van der Waals surface area contributed by atoms with Crippen molar-refractivity contribution in [3.8, 4) is 17.2 Å². The molecule has 1 aromatic rings. The number of likely N-dealkylation sites (tertiary alicyclic amines) is 1. The van der Waals surface area contributed by atoms with E-state index in [1.54, 1.807) is 26.4 Å². The highest BCUT2D eigenvalue weighted by Gasteiger charge is 2.44. The van der Waals surface area contributed by atoms with E-state index < -0.39 is 0 Å². The fourth-order valence-corrected chi connectivity index (χ4v) is 4.11. The van der Waals surface area contributed by atoms with Gasteiger partial charge in [-0.25, -0.2) is 0 Å². The first kappa shape index (κ1) is 17.9. The lowest BCUT2D eigenvalue weighted by Crippen LogP contribution is -2.66. The SMILES string of the molecule is COc1cccc(OC)c1OCC(=O)N1CCC[C@]2(C)NCCC[C@@H]12. The van der Waals surface area contributed by atoms with Crippen molar-refractivity contribution in [2.45, 2.75) is 44.2 Å². The number of methoxy groups -OCH3 is 2. The van der Waals surface area contributed by atoms with E-state index in [1.165, 1.54) is 0 Å². The van der Waals surface area contributed by atoms with Gasteiger partial charge in [-0.05, 0) is 51.3 Å². The Morgan fingerprint density at radius 3 is 2.68 bits per heavy atom. The zero-order chi connectivity index (χ0) is 17.9. The van der Waals surface area contributed by atoms with Gasteiger partial charge in [0.15, 0.2) is 18.1 Å². The van der Waals surface area contributed by atoms with Crippen molar-refractivity contribution in [1.29, 1.82) is 0 Å². The van der Waals surface area contributed by atoms with E-state index in [2.05, 4.69) is 12.2 Å². The van der Waals surface area contributed by atoms with Crippen molar-refractivity contribution in [2.75, 3.05) is 33.9 Å². The molecule has 2 aliphatic rings. The van der Waals surface area contributed by atoms with Gasteiger partial charge in [0, 0.05) is 18.1 Å². The number of benzene rings is 1. The van der Waals surface area contributed by atoms with Crippen LogP contribution in [0.4, 0.5) is 0 Å². The fourth-order valence-electron chi connectivity index (χ4n) is 4.11. The number of hydrogen-bond donors (Lipinski definition) is 1. The molecule has 2 saturated heterocycles. The summed E-state index contributed by atoms with van der Waals surface area (Å²) in [5.74, 6) is 1.62. The minimum Gasteiger partial charge on any atom is -0.493 e. The second-order valence-corrected chi connectivity index (χ2v) is 6.97. The van der Waals surface area contributed by atoms with Crippen LogP contribution in [-0.2, 0) is 4.79 Å². The van der Waals surface area contributed by atoms with E-state index >= 15 is 0 Å². The molecular weight excluding hydrogens is 320 g/mol. The van der Waals surface area contributed by atoms with Crippen LogP contribution in [0, 0.1) is 0 Å². The third kappa shape index (κ3) is 3.54. The second-order valence-electron chi connectivity index (χ2n) is 6.97. The Hall–Kier alpha value is -1.95. The third-order valence-corrected chi connectivity index (χ3v) is 5.43. The summed E-state index contributed by atoms with van der Waals surface area (Å²) < 4.78 is 16.5. The molecule has 0 saturated carbocycles. The summed E-state index contributed by atoms with van der Waals surface area (Å²) in [7, 11) is 3.15. The smallest absolute Gasteiger partial charge is 0.260 e. The van der Waals surface area contributed by atoms with Gasteiger partial charge >= 0.3 is 0 Å². The molecule has 0 radical (unpaired) electrons. The molecule has 0 bridgehead atoms. The van der Waals surface area contributed by atoms with Crippen molar-refractivity contribution in [2.24, 2.45) is 0 Å². The topological polar surface area (TPSA) is 60.0 Å². The lowest BCUT2D eigenvalue weighted by atomic mass is 9.78. The molecule has 0 spiro atoms. The predicted molar refractivity (Wildman–Crippen MR) is 95.4 cm³/mol. The zero-order valence-corrected chi connectivity index (χ0v) is 15.3. The number of hydrogen-bond acceptors (Lipinski definition) is 5. The van der Waals surface area contributed by atoms with Gasteiger partial charge in [0.05, 0.1) is 14.2 Å². The summed E-state index contributed by atoms with van der Waals surface area (Å²) in [6, 6.07) is 5.66. The molecule has 1 N–H and O–H groups in total. The molecule has 138 valence electrons. The Morgan fingerprint density at radius 2 is 2.00 bits per heavy atom. The fraction of sp³-hybridized carbons (Fsp3) is 0.632. The van der Waals surface area contributed by atoms with Crippen LogP contribution < -0.4 is 19.5 Å². The molecule has 0 unspecified atom stereocenters. The van der Waals surface area contributed by atoms with Gasteiger partial charge in [-0.15, -0.1) is 0 Å². The maximum absolute atomic E-state index is 12.9. The van der Waals surface area contributed by atoms with Gasteiger partial charge in [0.25, 0.3) is 5.91 Å². The van der Waals surface area contributed by atoms with E-state index in [9.17, 15) is 4.79 Å². The number of rotatable bonds is 5. The zero-order valence-electron chi connectivity index (χ0n) is 15.3. The summed E-state index contributed by atoms with van der Waals surface area (Å²) in [6.45, 7) is 4.06. The monoisotopic (exact) mass is 348 g/mol. The summed E-state index contributed by atoms with van der Waals surface area (Å²) in [6.07, 6.45) is 4.28. The molecule has 2 heterocycles. The molecule has 2 fully saturated rings. The number of ether oxygens (including phenoxy) is 3. The first-order valence-electron chi connectivity index (χ1n) is 8.97. The predicted octanol–water partition coefficient (Wildman–Crippen LogP) is 2.22. The van der Waals surface area contributed by atoms with Crippen LogP contribution in [0.1, 0.15) is 32.6 Å². The van der Waals surface area contributed by atoms with E-state index in [0.29, 0.717) is 17.2 Å². The average Bonchev–Trinajstić information content (AvgIpc) is 2.64. The molecule has 3 rings (SSSR count). The molecule has 6 heteroatoms. The Labute approximate surface area is 149 Å². The number of nitrogens with one attached hydrogen (secondary N) is 1. The maximum atomic E-state index is 12.9. The van der Waals surface area contributed by atoms with Crippen molar-refractivity contribution in [3.63, 3.8) is 0 Å². The number of piperidine rings is 2.